The van der Waals surface area contributed by atoms with Crippen LogP contribution < -0.4 is 31.4 Å². The van der Waals surface area contributed by atoms with E-state index in [0.29, 0.717) is 48.1 Å². The Kier molecular flexibility index (Phi) is 13.7. The Hall–Kier alpha value is -5.45. The summed E-state index contributed by atoms with van der Waals surface area (Å²) in [5.41, 5.74) is 11.4. The summed E-state index contributed by atoms with van der Waals surface area (Å²) in [5.74, 6) is -4.17. The lowest BCUT2D eigenvalue weighted by Gasteiger charge is -2.22. The Balaban J connectivity index is 0.000000942. The molecule has 248 valence electrons. The van der Waals surface area contributed by atoms with Crippen molar-refractivity contribution in [2.75, 3.05) is 39.2 Å². The number of aromatic nitrogens is 1. The van der Waals surface area contributed by atoms with Crippen molar-refractivity contribution in [3.63, 3.8) is 0 Å². The number of carbonyl (C=O) groups excluding carboxylic acids is 2. The number of rotatable bonds is 12. The van der Waals surface area contributed by atoms with Crippen LogP contribution in [0.1, 0.15) is 34.5 Å². The molecule has 7 N–H and O–H groups in total. The van der Waals surface area contributed by atoms with Gasteiger partial charge in [0.25, 0.3) is 11.8 Å². The van der Waals surface area contributed by atoms with Crippen LogP contribution >= 0.6 is 0 Å². The molecule has 17 heteroatoms. The SMILES string of the molecule is CCOc1cc(C(Nc2ccc(C(=N)N)cc2)C(=O)NNC(=O)c2ccncc2F)ccc1OCCN(C)C.O=C(O)C(F)(F)F. The molecular formula is C29H33F4N7O6. The fraction of sp³-hybridized carbons (Fsp3) is 0.276. The molecule has 0 saturated heterocycles. The number of aliphatic carboxylic acids is 1. The first-order chi connectivity index (χ1) is 21.6. The summed E-state index contributed by atoms with van der Waals surface area (Å²) in [7, 11) is 3.88. The molecule has 1 unspecified atom stereocenters. The van der Waals surface area contributed by atoms with Crippen LogP contribution in [0.3, 0.4) is 0 Å². The van der Waals surface area contributed by atoms with Crippen LogP contribution in [0.15, 0.2) is 60.9 Å². The van der Waals surface area contributed by atoms with E-state index in [-0.39, 0.29) is 11.4 Å². The van der Waals surface area contributed by atoms with Gasteiger partial charge < -0.3 is 30.5 Å². The van der Waals surface area contributed by atoms with Crippen LogP contribution in [0.5, 0.6) is 11.5 Å². The van der Waals surface area contributed by atoms with Crippen molar-refractivity contribution in [1.82, 2.24) is 20.7 Å². The average Bonchev–Trinajstić information content (AvgIpc) is 2.99. The number of nitrogens with one attached hydrogen (secondary N) is 4. The monoisotopic (exact) mass is 651 g/mol. The molecule has 1 aromatic heterocycles. The molecule has 3 rings (SSSR count). The van der Waals surface area contributed by atoms with Crippen LogP contribution in [0.25, 0.3) is 0 Å². The molecule has 1 atom stereocenters. The van der Waals surface area contributed by atoms with Gasteiger partial charge in [-0.15, -0.1) is 0 Å². The highest BCUT2D eigenvalue weighted by atomic mass is 19.4. The number of nitrogens with two attached hydrogens (primary N) is 1. The lowest BCUT2D eigenvalue weighted by atomic mass is 10.0. The third kappa shape index (κ3) is 11.6. The maximum Gasteiger partial charge on any atom is 0.490 e. The summed E-state index contributed by atoms with van der Waals surface area (Å²) in [6, 6.07) is 11.9. The molecule has 0 radical (unpaired) electrons. The quantitative estimate of drug-likeness (QED) is 0.0734. The van der Waals surface area contributed by atoms with Crippen LogP contribution in [0.2, 0.25) is 0 Å². The highest BCUT2D eigenvalue weighted by Crippen LogP contribution is 2.32. The Morgan fingerprint density at radius 3 is 2.24 bits per heavy atom. The molecule has 0 aliphatic carbocycles. The minimum absolute atomic E-state index is 0.0897. The molecule has 0 saturated carbocycles. The Morgan fingerprint density at radius 1 is 1.04 bits per heavy atom. The number of carboxylic acid groups (broad SMARTS) is 1. The second kappa shape index (κ2) is 17.1. The third-order valence-corrected chi connectivity index (χ3v) is 5.72. The van der Waals surface area contributed by atoms with Gasteiger partial charge in [0.05, 0.1) is 18.4 Å². The second-order valence-corrected chi connectivity index (χ2v) is 9.46. The Labute approximate surface area is 261 Å². The number of carboxylic acids is 1. The summed E-state index contributed by atoms with van der Waals surface area (Å²) in [6.45, 7) is 3.35. The number of likely N-dealkylation sites (N-methyl/N-ethyl adjacent to an activating group) is 1. The Morgan fingerprint density at radius 2 is 1.70 bits per heavy atom. The topological polar surface area (TPSA) is 192 Å². The molecular weight excluding hydrogens is 618 g/mol. The van der Waals surface area contributed by atoms with E-state index in [1.165, 1.54) is 12.3 Å². The molecule has 0 fully saturated rings. The lowest BCUT2D eigenvalue weighted by Crippen LogP contribution is -2.45. The Bertz CT molecular complexity index is 1500. The minimum atomic E-state index is -5.08. The molecule has 0 spiro atoms. The number of pyridine rings is 1. The lowest BCUT2D eigenvalue weighted by molar-refractivity contribution is -0.192. The highest BCUT2D eigenvalue weighted by molar-refractivity contribution is 5.97. The van der Waals surface area contributed by atoms with E-state index in [0.717, 1.165) is 6.20 Å². The van der Waals surface area contributed by atoms with E-state index < -0.39 is 35.8 Å². The number of carbonyl (C=O) groups is 3. The number of benzene rings is 2. The summed E-state index contributed by atoms with van der Waals surface area (Å²) < 4.78 is 57.3. The van der Waals surface area contributed by atoms with E-state index in [4.69, 9.17) is 30.5 Å². The van der Waals surface area contributed by atoms with E-state index >= 15 is 0 Å². The third-order valence-electron chi connectivity index (χ3n) is 5.72. The van der Waals surface area contributed by atoms with Gasteiger partial charge in [0.15, 0.2) is 17.3 Å². The van der Waals surface area contributed by atoms with E-state index in [1.54, 1.807) is 42.5 Å². The standard InChI is InChI=1S/C27H32FN7O4.C2HF3O2/c1-4-38-23-15-18(7-10-22(23)39-14-13-35(2)3)24(32-19-8-5-17(6-9-19)25(29)30)27(37)34-33-26(36)20-11-12-31-16-21(20)28;3-2(4,5)1(6)7/h5-12,15-16,24,32H,4,13-14H2,1-3H3,(H3,29,30)(H,33,36)(H,34,37);(H,6,7). The van der Waals surface area contributed by atoms with Gasteiger partial charge in [-0.3, -0.25) is 30.8 Å². The molecule has 0 aliphatic rings. The smallest absolute Gasteiger partial charge is 0.490 e. The summed E-state index contributed by atoms with van der Waals surface area (Å²) in [5, 5.41) is 17.8. The van der Waals surface area contributed by atoms with Crippen molar-refractivity contribution in [1.29, 1.82) is 5.41 Å². The zero-order valence-electron chi connectivity index (χ0n) is 24.9. The van der Waals surface area contributed by atoms with Crippen LogP contribution in [0.4, 0.5) is 23.2 Å². The van der Waals surface area contributed by atoms with E-state index in [2.05, 4.69) is 21.2 Å². The number of hydrogen-bond donors (Lipinski definition) is 6. The predicted molar refractivity (Wildman–Crippen MR) is 159 cm³/mol. The number of ether oxygens (including phenoxy) is 2. The van der Waals surface area contributed by atoms with Crippen molar-refractivity contribution in [3.8, 4) is 11.5 Å². The maximum atomic E-state index is 14.0. The largest absolute Gasteiger partial charge is 0.490 e. The van der Waals surface area contributed by atoms with Gasteiger partial charge in [-0.25, -0.2) is 9.18 Å². The first-order valence-electron chi connectivity index (χ1n) is 13.4. The minimum Gasteiger partial charge on any atom is -0.490 e. The average molecular weight is 652 g/mol. The number of alkyl halides is 3. The normalized spacial score (nSPS) is 11.4. The van der Waals surface area contributed by atoms with Crippen molar-refractivity contribution in [2.45, 2.75) is 19.1 Å². The molecule has 2 aromatic carbocycles. The van der Waals surface area contributed by atoms with E-state index in [1.807, 2.05) is 25.9 Å². The van der Waals surface area contributed by atoms with Crippen LogP contribution in [-0.4, -0.2) is 78.6 Å². The van der Waals surface area contributed by atoms with Gasteiger partial charge in [0.1, 0.15) is 18.5 Å². The molecule has 0 aliphatic heterocycles. The van der Waals surface area contributed by atoms with Gasteiger partial charge in [-0.05, 0) is 69.0 Å². The van der Waals surface area contributed by atoms with Crippen molar-refractivity contribution < 1.29 is 46.5 Å². The number of nitrogen functional groups attached to an aromatic ring is 1. The van der Waals surface area contributed by atoms with Gasteiger partial charge in [0, 0.05) is 24.0 Å². The van der Waals surface area contributed by atoms with Crippen molar-refractivity contribution in [2.24, 2.45) is 5.73 Å². The molecule has 46 heavy (non-hydrogen) atoms. The summed E-state index contributed by atoms with van der Waals surface area (Å²) in [6.07, 6.45) is -2.91. The first kappa shape index (κ1) is 36.7. The molecule has 13 nitrogen and oxygen atoms in total. The van der Waals surface area contributed by atoms with Gasteiger partial charge in [-0.2, -0.15) is 13.2 Å². The fourth-order valence-electron chi connectivity index (χ4n) is 3.46. The van der Waals surface area contributed by atoms with E-state index in [9.17, 15) is 27.2 Å². The predicted octanol–water partition coefficient (Wildman–Crippen LogP) is 3.09. The zero-order chi connectivity index (χ0) is 34.4. The van der Waals surface area contributed by atoms with Crippen molar-refractivity contribution in [3.05, 3.63) is 83.4 Å². The number of amidine groups is 1. The van der Waals surface area contributed by atoms with Crippen molar-refractivity contribution >= 4 is 29.3 Å². The van der Waals surface area contributed by atoms with Gasteiger partial charge >= 0.3 is 12.1 Å². The summed E-state index contributed by atoms with van der Waals surface area (Å²) >= 11 is 0. The molecule has 1 heterocycles. The number of halogens is 4. The number of nitrogens with zero attached hydrogens (tertiary/aromatic N) is 2. The number of hydrazine groups is 1. The fourth-order valence-corrected chi connectivity index (χ4v) is 3.46. The van der Waals surface area contributed by atoms with Gasteiger partial charge in [-0.1, -0.05) is 6.07 Å². The molecule has 3 aromatic rings. The van der Waals surface area contributed by atoms with Crippen LogP contribution in [-0.2, 0) is 9.59 Å². The summed E-state index contributed by atoms with van der Waals surface area (Å²) in [4.78, 5) is 40.3. The van der Waals surface area contributed by atoms with Crippen LogP contribution in [0, 0.1) is 11.2 Å². The number of hydrogen-bond acceptors (Lipinski definition) is 9. The molecule has 2 amide bonds. The second-order valence-electron chi connectivity index (χ2n) is 9.46. The highest BCUT2D eigenvalue weighted by Gasteiger charge is 2.38. The maximum absolute atomic E-state index is 14.0. The number of anilines is 1. The number of amides is 2. The zero-order valence-corrected chi connectivity index (χ0v) is 24.9. The van der Waals surface area contributed by atoms with Gasteiger partial charge in [0.2, 0.25) is 0 Å². The first-order valence-corrected chi connectivity index (χ1v) is 13.4. The molecule has 0 bridgehead atoms.